The van der Waals surface area contributed by atoms with Gasteiger partial charge in [-0.25, -0.2) is 4.68 Å². The maximum Gasteiger partial charge on any atom is 0.244 e. The van der Waals surface area contributed by atoms with Gasteiger partial charge < -0.3 is 15.4 Å². The average molecular weight is 328 g/mol. The lowest BCUT2D eigenvalue weighted by atomic mass is 10.2. The average Bonchev–Trinajstić information content (AvgIpc) is 3.24. The molecule has 1 aliphatic carbocycles. The first-order valence-electron chi connectivity index (χ1n) is 8.39. The highest BCUT2D eigenvalue weighted by Gasteiger charge is 2.20. The molecule has 0 unspecified atom stereocenters. The number of benzene rings is 1. The van der Waals surface area contributed by atoms with Crippen LogP contribution < -0.4 is 15.4 Å². The third kappa shape index (κ3) is 3.69. The number of aryl methyl sites for hydroxylation is 1. The van der Waals surface area contributed by atoms with Crippen molar-refractivity contribution in [3.8, 4) is 5.75 Å². The van der Waals surface area contributed by atoms with Gasteiger partial charge in [-0.2, -0.15) is 5.10 Å². The number of rotatable bonds is 6. The van der Waals surface area contributed by atoms with Crippen LogP contribution in [0.3, 0.4) is 0 Å². The van der Waals surface area contributed by atoms with E-state index < -0.39 is 0 Å². The van der Waals surface area contributed by atoms with Gasteiger partial charge in [0.2, 0.25) is 5.91 Å². The van der Waals surface area contributed by atoms with E-state index in [1.165, 1.54) is 12.8 Å². The molecule has 1 amide bonds. The Balaban J connectivity index is 1.57. The lowest BCUT2D eigenvalue weighted by Gasteiger charge is -2.15. The minimum atomic E-state index is -0.0787. The van der Waals surface area contributed by atoms with Crippen molar-refractivity contribution in [3.63, 3.8) is 0 Å². The molecule has 0 aliphatic heterocycles. The van der Waals surface area contributed by atoms with Gasteiger partial charge in [0.25, 0.3) is 0 Å². The number of hydrogen-bond acceptors (Lipinski definition) is 4. The summed E-state index contributed by atoms with van der Waals surface area (Å²) >= 11 is 0. The fourth-order valence-corrected chi connectivity index (χ4v) is 3.18. The predicted molar refractivity (Wildman–Crippen MR) is 94.6 cm³/mol. The highest BCUT2D eigenvalue weighted by atomic mass is 16.5. The van der Waals surface area contributed by atoms with Gasteiger partial charge in [-0.05, 0) is 43.5 Å². The predicted octanol–water partition coefficient (Wildman–Crippen LogP) is 3.37. The summed E-state index contributed by atoms with van der Waals surface area (Å²) in [6.07, 6.45) is 6.48. The SMILES string of the molecule is COc1ccc(NCC(=O)Nc2ccnn2C2CCCC2)c(C)c1. The van der Waals surface area contributed by atoms with Crippen LogP contribution in [-0.4, -0.2) is 29.3 Å². The van der Waals surface area contributed by atoms with Gasteiger partial charge in [-0.1, -0.05) is 12.8 Å². The molecule has 1 aliphatic rings. The lowest BCUT2D eigenvalue weighted by Crippen LogP contribution is -2.24. The molecule has 1 heterocycles. The van der Waals surface area contributed by atoms with Gasteiger partial charge in [0.05, 0.1) is 25.9 Å². The molecule has 1 aromatic carbocycles. The third-order valence-electron chi connectivity index (χ3n) is 4.48. The zero-order valence-electron chi connectivity index (χ0n) is 14.2. The number of amides is 1. The number of ether oxygens (including phenoxy) is 1. The normalized spacial score (nSPS) is 14.6. The summed E-state index contributed by atoms with van der Waals surface area (Å²) in [7, 11) is 1.64. The monoisotopic (exact) mass is 328 g/mol. The molecule has 6 heteroatoms. The van der Waals surface area contributed by atoms with Crippen molar-refractivity contribution in [1.29, 1.82) is 0 Å². The largest absolute Gasteiger partial charge is 0.497 e. The molecule has 0 spiro atoms. The maximum absolute atomic E-state index is 12.2. The molecule has 0 saturated heterocycles. The Bertz CT molecular complexity index is 705. The van der Waals surface area contributed by atoms with E-state index in [1.54, 1.807) is 13.3 Å². The maximum atomic E-state index is 12.2. The number of nitrogens with one attached hydrogen (secondary N) is 2. The molecule has 24 heavy (non-hydrogen) atoms. The zero-order chi connectivity index (χ0) is 16.9. The second kappa shape index (κ2) is 7.38. The number of hydrogen-bond donors (Lipinski definition) is 2. The summed E-state index contributed by atoms with van der Waals surface area (Å²) in [5.74, 6) is 1.51. The van der Waals surface area contributed by atoms with Gasteiger partial charge in [0.15, 0.2) is 0 Å². The first-order chi connectivity index (χ1) is 11.7. The molecule has 0 radical (unpaired) electrons. The van der Waals surface area contributed by atoms with Crippen LogP contribution in [-0.2, 0) is 4.79 Å². The molecule has 2 N–H and O–H groups in total. The van der Waals surface area contributed by atoms with Gasteiger partial charge >= 0.3 is 0 Å². The molecular formula is C18H24N4O2. The van der Waals surface area contributed by atoms with Crippen LogP contribution in [0.4, 0.5) is 11.5 Å². The van der Waals surface area contributed by atoms with Crippen molar-refractivity contribution in [3.05, 3.63) is 36.0 Å². The highest BCUT2D eigenvalue weighted by molar-refractivity contribution is 5.93. The number of aromatic nitrogens is 2. The molecule has 128 valence electrons. The van der Waals surface area contributed by atoms with Crippen LogP contribution in [0.15, 0.2) is 30.5 Å². The van der Waals surface area contributed by atoms with Gasteiger partial charge in [0.1, 0.15) is 11.6 Å². The van der Waals surface area contributed by atoms with Crippen molar-refractivity contribution < 1.29 is 9.53 Å². The van der Waals surface area contributed by atoms with Crippen LogP contribution >= 0.6 is 0 Å². The Kier molecular flexibility index (Phi) is 5.03. The lowest BCUT2D eigenvalue weighted by molar-refractivity contribution is -0.114. The first-order valence-corrected chi connectivity index (χ1v) is 8.39. The molecule has 1 saturated carbocycles. The highest BCUT2D eigenvalue weighted by Crippen LogP contribution is 2.31. The fourth-order valence-electron chi connectivity index (χ4n) is 3.18. The van der Waals surface area contributed by atoms with Gasteiger partial charge in [0, 0.05) is 11.8 Å². The second-order valence-electron chi connectivity index (χ2n) is 6.18. The van der Waals surface area contributed by atoms with Crippen molar-refractivity contribution in [2.45, 2.75) is 38.6 Å². The van der Waals surface area contributed by atoms with E-state index in [0.717, 1.165) is 35.7 Å². The summed E-state index contributed by atoms with van der Waals surface area (Å²) < 4.78 is 7.14. The van der Waals surface area contributed by atoms with Crippen molar-refractivity contribution in [2.24, 2.45) is 0 Å². The fraction of sp³-hybridized carbons (Fsp3) is 0.444. The van der Waals surface area contributed by atoms with E-state index in [1.807, 2.05) is 35.9 Å². The summed E-state index contributed by atoms with van der Waals surface area (Å²) in [4.78, 5) is 12.2. The minimum Gasteiger partial charge on any atom is -0.497 e. The van der Waals surface area contributed by atoms with Crippen LogP contribution in [0.1, 0.15) is 37.3 Å². The van der Waals surface area contributed by atoms with Crippen LogP contribution in [0.25, 0.3) is 0 Å². The smallest absolute Gasteiger partial charge is 0.244 e. The number of carbonyl (C=O) groups is 1. The van der Waals surface area contributed by atoms with Crippen molar-refractivity contribution >= 4 is 17.4 Å². The number of anilines is 2. The molecule has 1 fully saturated rings. The third-order valence-corrected chi connectivity index (χ3v) is 4.48. The summed E-state index contributed by atoms with van der Waals surface area (Å²) in [5, 5.41) is 10.5. The molecule has 0 atom stereocenters. The van der Waals surface area contributed by atoms with Gasteiger partial charge in [-0.3, -0.25) is 4.79 Å². The number of carbonyl (C=O) groups excluding carboxylic acids is 1. The standard InChI is InChI=1S/C18H24N4O2/c1-13-11-15(24-2)7-8-16(13)19-12-18(23)21-17-9-10-20-22(17)14-5-3-4-6-14/h7-11,14,19H,3-6,12H2,1-2H3,(H,21,23). The summed E-state index contributed by atoms with van der Waals surface area (Å²) in [6, 6.07) is 8.00. The topological polar surface area (TPSA) is 68.2 Å². The van der Waals surface area contributed by atoms with E-state index in [2.05, 4.69) is 15.7 Å². The quantitative estimate of drug-likeness (QED) is 0.853. The number of nitrogens with zero attached hydrogens (tertiary/aromatic N) is 2. The van der Waals surface area contributed by atoms with E-state index in [-0.39, 0.29) is 12.5 Å². The summed E-state index contributed by atoms with van der Waals surface area (Å²) in [6.45, 7) is 2.20. The van der Waals surface area contributed by atoms with E-state index in [4.69, 9.17) is 4.74 Å². The molecular weight excluding hydrogens is 304 g/mol. The van der Waals surface area contributed by atoms with Crippen molar-refractivity contribution in [1.82, 2.24) is 9.78 Å². The Hall–Kier alpha value is -2.50. The molecule has 1 aromatic heterocycles. The number of methoxy groups -OCH3 is 1. The molecule has 3 rings (SSSR count). The Morgan fingerprint density at radius 1 is 1.33 bits per heavy atom. The molecule has 0 bridgehead atoms. The van der Waals surface area contributed by atoms with Crippen LogP contribution in [0, 0.1) is 6.92 Å². The molecule has 2 aromatic rings. The summed E-state index contributed by atoms with van der Waals surface area (Å²) in [5.41, 5.74) is 1.97. The first kappa shape index (κ1) is 16.4. The van der Waals surface area contributed by atoms with Crippen molar-refractivity contribution in [2.75, 3.05) is 24.3 Å². The van der Waals surface area contributed by atoms with Gasteiger partial charge in [-0.15, -0.1) is 0 Å². The zero-order valence-corrected chi connectivity index (χ0v) is 14.2. The van der Waals surface area contributed by atoms with Crippen LogP contribution in [0.2, 0.25) is 0 Å². The Labute approximate surface area is 142 Å². The Morgan fingerprint density at radius 3 is 2.83 bits per heavy atom. The van der Waals surface area contributed by atoms with E-state index >= 15 is 0 Å². The van der Waals surface area contributed by atoms with Crippen LogP contribution in [0.5, 0.6) is 5.75 Å². The minimum absolute atomic E-state index is 0.0787. The Morgan fingerprint density at radius 2 is 2.12 bits per heavy atom. The molecule has 6 nitrogen and oxygen atoms in total. The van der Waals surface area contributed by atoms with E-state index in [9.17, 15) is 4.79 Å². The second-order valence-corrected chi connectivity index (χ2v) is 6.18. The van der Waals surface area contributed by atoms with E-state index in [0.29, 0.717) is 6.04 Å².